The Kier molecular flexibility index (Phi) is 4.30. The van der Waals surface area contributed by atoms with Gasteiger partial charge in [-0.3, -0.25) is 10.1 Å². The molecule has 1 aromatic heterocycles. The predicted octanol–water partition coefficient (Wildman–Crippen LogP) is 1.93. The largest absolute Gasteiger partial charge is 0.399 e. The summed E-state index contributed by atoms with van der Waals surface area (Å²) in [7, 11) is 0. The fraction of sp³-hybridized carbons (Fsp3) is 0.0833. The number of thioether (sulfide) groups is 1. The molecule has 0 spiro atoms. The molecule has 0 unspecified atom stereocenters. The van der Waals surface area contributed by atoms with Gasteiger partial charge in [0.1, 0.15) is 5.82 Å². The van der Waals surface area contributed by atoms with Crippen molar-refractivity contribution in [3.05, 3.63) is 42.5 Å². The van der Waals surface area contributed by atoms with Crippen LogP contribution in [-0.2, 0) is 4.79 Å². The van der Waals surface area contributed by atoms with Gasteiger partial charge in [-0.05, 0) is 24.3 Å². The topological polar surface area (TPSA) is 80.9 Å². The molecule has 1 amide bonds. The Morgan fingerprint density at radius 3 is 2.79 bits per heavy atom. The van der Waals surface area contributed by atoms with Gasteiger partial charge in [-0.15, -0.1) is 11.8 Å². The lowest BCUT2D eigenvalue weighted by molar-refractivity contribution is -0.113. The van der Waals surface area contributed by atoms with E-state index in [0.29, 0.717) is 10.6 Å². The van der Waals surface area contributed by atoms with E-state index in [1.165, 1.54) is 18.5 Å². The summed E-state index contributed by atoms with van der Waals surface area (Å²) in [6.45, 7) is 0. The second-order valence-electron chi connectivity index (χ2n) is 3.60. The van der Waals surface area contributed by atoms with Crippen LogP contribution in [0.25, 0.3) is 0 Å². The van der Waals surface area contributed by atoms with Crippen LogP contribution in [0.4, 0.5) is 16.0 Å². The fourth-order valence-corrected chi connectivity index (χ4v) is 2.02. The lowest BCUT2D eigenvalue weighted by atomic mass is 10.3. The Morgan fingerprint density at radius 2 is 2.11 bits per heavy atom. The van der Waals surface area contributed by atoms with E-state index in [2.05, 4.69) is 15.3 Å². The van der Waals surface area contributed by atoms with Gasteiger partial charge in [0.15, 0.2) is 0 Å². The number of carbonyl (C=O) groups is 1. The number of aromatic nitrogens is 2. The Labute approximate surface area is 113 Å². The van der Waals surface area contributed by atoms with Gasteiger partial charge >= 0.3 is 0 Å². The van der Waals surface area contributed by atoms with Gasteiger partial charge in [-0.25, -0.2) is 14.4 Å². The van der Waals surface area contributed by atoms with Crippen molar-refractivity contribution in [3.8, 4) is 0 Å². The number of amides is 1. The van der Waals surface area contributed by atoms with Crippen molar-refractivity contribution >= 4 is 29.3 Å². The summed E-state index contributed by atoms with van der Waals surface area (Å²) in [5.74, 6) is -0.439. The molecule has 2 rings (SSSR count). The summed E-state index contributed by atoms with van der Waals surface area (Å²) in [5.41, 5.74) is 5.79. The first-order valence-corrected chi connectivity index (χ1v) is 6.38. The highest BCUT2D eigenvalue weighted by atomic mass is 32.2. The van der Waals surface area contributed by atoms with E-state index in [1.54, 1.807) is 18.2 Å². The van der Waals surface area contributed by atoms with Crippen molar-refractivity contribution < 1.29 is 9.18 Å². The normalized spacial score (nSPS) is 10.2. The third-order valence-corrected chi connectivity index (χ3v) is 3.18. The van der Waals surface area contributed by atoms with Crippen LogP contribution in [0.1, 0.15) is 0 Å². The average molecular weight is 278 g/mol. The van der Waals surface area contributed by atoms with E-state index in [-0.39, 0.29) is 17.6 Å². The molecule has 19 heavy (non-hydrogen) atoms. The lowest BCUT2D eigenvalue weighted by Crippen LogP contribution is -2.15. The van der Waals surface area contributed by atoms with Gasteiger partial charge < -0.3 is 5.73 Å². The van der Waals surface area contributed by atoms with Crippen molar-refractivity contribution in [1.29, 1.82) is 0 Å². The molecule has 0 radical (unpaired) electrons. The van der Waals surface area contributed by atoms with Crippen LogP contribution in [0.15, 0.2) is 41.6 Å². The highest BCUT2D eigenvalue weighted by molar-refractivity contribution is 8.00. The van der Waals surface area contributed by atoms with E-state index >= 15 is 0 Å². The zero-order valence-electron chi connectivity index (χ0n) is 9.84. The lowest BCUT2D eigenvalue weighted by Gasteiger charge is -2.04. The van der Waals surface area contributed by atoms with Crippen LogP contribution < -0.4 is 11.1 Å². The van der Waals surface area contributed by atoms with Gasteiger partial charge in [0.2, 0.25) is 11.9 Å². The minimum absolute atomic E-state index is 0.0685. The monoisotopic (exact) mass is 278 g/mol. The zero-order valence-corrected chi connectivity index (χ0v) is 10.7. The molecular weight excluding hydrogens is 267 g/mol. The molecule has 0 atom stereocenters. The number of benzene rings is 1. The highest BCUT2D eigenvalue weighted by Gasteiger charge is 2.08. The van der Waals surface area contributed by atoms with E-state index in [1.807, 2.05) is 0 Å². The first-order valence-electron chi connectivity index (χ1n) is 5.40. The maximum atomic E-state index is 13.5. The number of hydrogen-bond donors (Lipinski definition) is 2. The number of nitrogens with zero attached hydrogens (tertiary/aromatic N) is 2. The molecule has 3 N–H and O–H groups in total. The molecule has 0 saturated carbocycles. The van der Waals surface area contributed by atoms with Crippen molar-refractivity contribution in [2.24, 2.45) is 0 Å². The number of nitrogens with one attached hydrogen (secondary N) is 1. The quantitative estimate of drug-likeness (QED) is 0.659. The number of nitrogen functional groups attached to an aromatic ring is 1. The van der Waals surface area contributed by atoms with E-state index in [0.717, 1.165) is 11.8 Å². The molecule has 2 aromatic rings. The first kappa shape index (κ1) is 13.3. The van der Waals surface area contributed by atoms with Gasteiger partial charge in [0.05, 0.1) is 5.75 Å². The summed E-state index contributed by atoms with van der Waals surface area (Å²) in [5, 5.41) is 2.51. The van der Waals surface area contributed by atoms with Gasteiger partial charge in [0.25, 0.3) is 0 Å². The molecular formula is C12H11FN4OS. The molecule has 0 aliphatic rings. The van der Waals surface area contributed by atoms with Crippen LogP contribution in [0, 0.1) is 5.82 Å². The molecule has 98 valence electrons. The molecule has 5 nitrogen and oxygen atoms in total. The van der Waals surface area contributed by atoms with E-state index < -0.39 is 5.82 Å². The van der Waals surface area contributed by atoms with Crippen molar-refractivity contribution in [2.75, 3.05) is 16.8 Å². The second kappa shape index (κ2) is 6.14. The summed E-state index contributed by atoms with van der Waals surface area (Å²) in [4.78, 5) is 19.7. The number of rotatable bonds is 4. The Morgan fingerprint density at radius 1 is 1.37 bits per heavy atom. The Balaban J connectivity index is 1.90. The second-order valence-corrected chi connectivity index (χ2v) is 4.62. The minimum Gasteiger partial charge on any atom is -0.399 e. The van der Waals surface area contributed by atoms with Crippen molar-refractivity contribution in [3.63, 3.8) is 0 Å². The Bertz CT molecular complexity index is 579. The molecule has 1 aromatic carbocycles. The third-order valence-electron chi connectivity index (χ3n) is 2.13. The summed E-state index contributed by atoms with van der Waals surface area (Å²) >= 11 is 1.08. The van der Waals surface area contributed by atoms with Gasteiger partial charge in [-0.2, -0.15) is 0 Å². The molecule has 0 saturated heterocycles. The average Bonchev–Trinajstić information content (AvgIpc) is 2.39. The van der Waals surface area contributed by atoms with Crippen LogP contribution in [-0.4, -0.2) is 21.6 Å². The van der Waals surface area contributed by atoms with Crippen molar-refractivity contribution in [1.82, 2.24) is 9.97 Å². The summed E-state index contributed by atoms with van der Waals surface area (Å²) < 4.78 is 13.5. The van der Waals surface area contributed by atoms with Gasteiger partial charge in [-0.1, -0.05) is 0 Å². The predicted molar refractivity (Wildman–Crippen MR) is 72.2 cm³/mol. The summed E-state index contributed by atoms with van der Waals surface area (Å²) in [6, 6.07) is 6.00. The number of anilines is 2. The highest BCUT2D eigenvalue weighted by Crippen LogP contribution is 2.23. The molecule has 0 bridgehead atoms. The van der Waals surface area contributed by atoms with Crippen LogP contribution in [0.2, 0.25) is 0 Å². The maximum Gasteiger partial charge on any atom is 0.237 e. The van der Waals surface area contributed by atoms with Crippen LogP contribution >= 0.6 is 11.8 Å². The van der Waals surface area contributed by atoms with Gasteiger partial charge in [0, 0.05) is 23.0 Å². The molecule has 0 fully saturated rings. The van der Waals surface area contributed by atoms with Crippen LogP contribution in [0.3, 0.4) is 0 Å². The number of nitrogens with two attached hydrogens (primary N) is 1. The van der Waals surface area contributed by atoms with E-state index in [4.69, 9.17) is 5.73 Å². The number of hydrogen-bond acceptors (Lipinski definition) is 5. The SMILES string of the molecule is Nc1ccc(SCC(=O)Nc2ncccn2)c(F)c1. The van der Waals surface area contributed by atoms with E-state index in [9.17, 15) is 9.18 Å². The minimum atomic E-state index is -0.436. The number of carbonyl (C=O) groups excluding carboxylic acids is 1. The molecule has 1 heterocycles. The van der Waals surface area contributed by atoms with Crippen LogP contribution in [0.5, 0.6) is 0 Å². The zero-order chi connectivity index (χ0) is 13.7. The first-order chi connectivity index (χ1) is 9.15. The smallest absolute Gasteiger partial charge is 0.237 e. The molecule has 7 heteroatoms. The molecule has 0 aliphatic heterocycles. The summed E-state index contributed by atoms with van der Waals surface area (Å²) in [6.07, 6.45) is 3.05. The Hall–Kier alpha value is -2.15. The standard InChI is InChI=1S/C12H11FN4OS/c13-9-6-8(14)2-3-10(9)19-7-11(18)17-12-15-4-1-5-16-12/h1-6H,7,14H2,(H,15,16,17,18). The third kappa shape index (κ3) is 3.92. The molecule has 0 aliphatic carbocycles. The van der Waals surface area contributed by atoms with Crippen molar-refractivity contribution in [2.45, 2.75) is 4.90 Å². The number of halogens is 1. The maximum absolute atomic E-state index is 13.5. The fourth-order valence-electron chi connectivity index (χ4n) is 1.30.